The summed E-state index contributed by atoms with van der Waals surface area (Å²) in [4.78, 5) is 64.3. The number of hydrogen-bond donors (Lipinski definition) is 2. The van der Waals surface area contributed by atoms with E-state index in [1.807, 2.05) is 0 Å². The van der Waals surface area contributed by atoms with Crippen LogP contribution in [0.4, 0.5) is 10.1 Å². The van der Waals surface area contributed by atoms with Crippen LogP contribution in [-0.4, -0.2) is 68.1 Å². The van der Waals surface area contributed by atoms with E-state index in [-0.39, 0.29) is 49.2 Å². The summed E-state index contributed by atoms with van der Waals surface area (Å²) < 4.78 is 19.0. The van der Waals surface area contributed by atoms with Crippen LogP contribution >= 0.6 is 23.2 Å². The topological polar surface area (TPSA) is 142 Å². The lowest BCUT2D eigenvalue weighted by Crippen LogP contribution is -2.60. The van der Waals surface area contributed by atoms with Crippen LogP contribution in [0.15, 0.2) is 54.1 Å². The second-order valence-corrected chi connectivity index (χ2v) is 12.7. The van der Waals surface area contributed by atoms with Gasteiger partial charge in [-0.3, -0.25) is 28.9 Å². The summed E-state index contributed by atoms with van der Waals surface area (Å²) in [5, 5.41) is 20.2. The number of phenols is 1. The third-order valence-electron chi connectivity index (χ3n) is 9.31. The Bertz CT molecular complexity index is 1650. The van der Waals surface area contributed by atoms with Crippen LogP contribution in [0.1, 0.15) is 37.2 Å². The monoisotopic (exact) mass is 644 g/mol. The molecule has 2 aromatic rings. The van der Waals surface area contributed by atoms with Gasteiger partial charge >= 0.3 is 5.97 Å². The van der Waals surface area contributed by atoms with E-state index < -0.39 is 68.8 Å². The lowest BCUT2D eigenvalue weighted by molar-refractivity contribution is -0.142. The van der Waals surface area contributed by atoms with Gasteiger partial charge in [0.15, 0.2) is 9.75 Å². The normalized spacial score (nSPS) is 31.0. The number of hydrogen-bond acceptors (Lipinski definition) is 7. The van der Waals surface area contributed by atoms with Gasteiger partial charge < -0.3 is 14.9 Å². The van der Waals surface area contributed by atoms with Gasteiger partial charge in [-0.05, 0) is 55.5 Å². The van der Waals surface area contributed by atoms with Gasteiger partial charge in [0.25, 0.3) is 11.8 Å². The largest absolute Gasteiger partial charge is 0.508 e. The highest BCUT2D eigenvalue weighted by Gasteiger charge is 2.76. The van der Waals surface area contributed by atoms with Crippen LogP contribution in [0.25, 0.3) is 0 Å². The fraction of sp³-hybridized carbons (Fsp3) is 0.387. The molecule has 4 amide bonds. The molecule has 10 nitrogen and oxygen atoms in total. The van der Waals surface area contributed by atoms with Gasteiger partial charge in [-0.15, -0.1) is 23.2 Å². The Morgan fingerprint density at radius 2 is 1.75 bits per heavy atom. The molecule has 0 unspecified atom stereocenters. The molecule has 44 heavy (non-hydrogen) atoms. The Kier molecular flexibility index (Phi) is 7.24. The first kappa shape index (κ1) is 30.1. The summed E-state index contributed by atoms with van der Waals surface area (Å²) in [6.07, 6.45) is 1.42. The molecule has 4 aliphatic rings. The zero-order valence-corrected chi connectivity index (χ0v) is 24.8. The van der Waals surface area contributed by atoms with Crippen LogP contribution in [0.5, 0.6) is 11.5 Å². The van der Waals surface area contributed by atoms with E-state index in [4.69, 9.17) is 33.0 Å². The summed E-state index contributed by atoms with van der Waals surface area (Å²) >= 11 is 14.5. The number of benzene rings is 2. The molecule has 1 saturated carbocycles. The fourth-order valence-electron chi connectivity index (χ4n) is 7.31. The van der Waals surface area contributed by atoms with Crippen LogP contribution in [-0.2, 0) is 24.0 Å². The molecule has 2 aliphatic heterocycles. The number of aliphatic carboxylic acids is 1. The molecule has 0 aromatic heterocycles. The maximum atomic E-state index is 14.3. The minimum absolute atomic E-state index is 0.0418. The number of rotatable bonds is 7. The summed E-state index contributed by atoms with van der Waals surface area (Å²) in [7, 11) is 1.41. The number of carboxylic acids is 1. The number of imide groups is 2. The standard InChI is InChI=1S/C31H27Cl2FN2O8/c1-44-17-8-9-19(22(37)13-17)25-18-10-11-20-24(27(41)35(26(20)40)12-2-3-23(38)39)21(18)14-30(32)28(42)36(29(43)31(25,30)33)16-6-4-15(34)5-7-16/h4-10,13,20-21,24-25,37H,2-3,11-12,14H2,1H3,(H,38,39)/t20-,21+,24-,25+,30+,31-/m0/s1. The first-order valence-corrected chi connectivity index (χ1v) is 14.8. The van der Waals surface area contributed by atoms with Crippen molar-refractivity contribution in [3.8, 4) is 11.5 Å². The smallest absolute Gasteiger partial charge is 0.303 e. The summed E-state index contributed by atoms with van der Waals surface area (Å²) in [6, 6.07) is 9.05. The van der Waals surface area contributed by atoms with Gasteiger partial charge in [0.1, 0.15) is 17.3 Å². The fourth-order valence-corrected chi connectivity index (χ4v) is 8.24. The first-order valence-electron chi connectivity index (χ1n) is 14.0. The first-order chi connectivity index (χ1) is 20.8. The van der Waals surface area contributed by atoms with Crippen molar-refractivity contribution in [1.82, 2.24) is 4.90 Å². The van der Waals surface area contributed by atoms with E-state index in [0.717, 1.165) is 21.9 Å². The number of nitrogens with zero attached hydrogens (tertiary/aromatic N) is 2. The van der Waals surface area contributed by atoms with E-state index >= 15 is 0 Å². The number of phenolic OH excluding ortho intramolecular Hbond substituents is 1. The maximum absolute atomic E-state index is 14.3. The third kappa shape index (κ3) is 4.16. The Labute approximate surface area is 261 Å². The van der Waals surface area contributed by atoms with Crippen molar-refractivity contribution in [2.24, 2.45) is 17.8 Å². The average Bonchev–Trinajstić information content (AvgIpc) is 3.31. The number of methoxy groups -OCH3 is 1. The Balaban J connectivity index is 1.49. The number of carbonyl (C=O) groups excluding carboxylic acids is 4. The Morgan fingerprint density at radius 1 is 1.05 bits per heavy atom. The molecule has 6 rings (SSSR count). The molecule has 3 fully saturated rings. The van der Waals surface area contributed by atoms with Gasteiger partial charge in [-0.1, -0.05) is 17.7 Å². The number of alkyl halides is 2. The maximum Gasteiger partial charge on any atom is 0.303 e. The highest BCUT2D eigenvalue weighted by Crippen LogP contribution is 2.66. The molecule has 0 spiro atoms. The molecule has 13 heteroatoms. The van der Waals surface area contributed by atoms with Crippen molar-refractivity contribution in [2.75, 3.05) is 18.6 Å². The molecule has 2 N–H and O–H groups in total. The number of carboxylic acid groups (broad SMARTS) is 1. The molecule has 2 aliphatic carbocycles. The Hall–Kier alpha value is -3.96. The number of amides is 4. The zero-order chi connectivity index (χ0) is 31.7. The van der Waals surface area contributed by atoms with E-state index in [0.29, 0.717) is 11.3 Å². The van der Waals surface area contributed by atoms with E-state index in [1.165, 1.54) is 31.4 Å². The predicted octanol–water partition coefficient (Wildman–Crippen LogP) is 3.97. The van der Waals surface area contributed by atoms with Gasteiger partial charge in [-0.25, -0.2) is 9.29 Å². The van der Waals surface area contributed by atoms with Crippen molar-refractivity contribution in [3.05, 3.63) is 65.5 Å². The van der Waals surface area contributed by atoms with Crippen molar-refractivity contribution in [1.29, 1.82) is 0 Å². The molecule has 6 atom stereocenters. The van der Waals surface area contributed by atoms with E-state index in [9.17, 15) is 33.5 Å². The number of fused-ring (bicyclic) bond motifs is 4. The molecule has 2 aromatic carbocycles. The van der Waals surface area contributed by atoms with Gasteiger partial charge in [0.2, 0.25) is 11.8 Å². The van der Waals surface area contributed by atoms with Crippen molar-refractivity contribution in [3.63, 3.8) is 0 Å². The van der Waals surface area contributed by atoms with Crippen molar-refractivity contribution < 1.29 is 43.3 Å². The van der Waals surface area contributed by atoms with Gasteiger partial charge in [0, 0.05) is 30.5 Å². The number of aromatic hydroxyl groups is 1. The second kappa shape index (κ2) is 10.6. The van der Waals surface area contributed by atoms with Crippen LogP contribution in [0, 0.1) is 23.6 Å². The van der Waals surface area contributed by atoms with Crippen LogP contribution < -0.4 is 9.64 Å². The number of carbonyl (C=O) groups is 5. The molecular weight excluding hydrogens is 618 g/mol. The lowest BCUT2D eigenvalue weighted by atomic mass is 9.56. The molecule has 2 saturated heterocycles. The second-order valence-electron chi connectivity index (χ2n) is 11.5. The summed E-state index contributed by atoms with van der Waals surface area (Å²) in [5.74, 6) is -8.11. The predicted molar refractivity (Wildman–Crippen MR) is 155 cm³/mol. The van der Waals surface area contributed by atoms with Crippen LogP contribution in [0.2, 0.25) is 0 Å². The van der Waals surface area contributed by atoms with Crippen molar-refractivity contribution in [2.45, 2.75) is 41.3 Å². The molecule has 0 radical (unpaired) electrons. The molecular formula is C31H27Cl2FN2O8. The van der Waals surface area contributed by atoms with Gasteiger partial charge in [-0.2, -0.15) is 0 Å². The number of anilines is 1. The van der Waals surface area contributed by atoms with E-state index in [1.54, 1.807) is 12.1 Å². The quantitative estimate of drug-likeness (QED) is 0.262. The van der Waals surface area contributed by atoms with E-state index in [2.05, 4.69) is 0 Å². The highest BCUT2D eigenvalue weighted by atomic mass is 35.5. The number of halogens is 3. The zero-order valence-electron chi connectivity index (χ0n) is 23.3. The number of allylic oxidation sites excluding steroid dienone is 2. The SMILES string of the molecule is COc1ccc([C@H]2C3=CC[C@@H]4C(=O)N(CCCC(=O)O)C(=O)[C@@H]4[C@@H]3C[C@@]3(Cl)C(=O)N(c4ccc(F)cc4)C(=O)[C@@]23Cl)c(O)c1. The summed E-state index contributed by atoms with van der Waals surface area (Å²) in [5.41, 5.74) is 0.686. The molecule has 230 valence electrons. The molecule has 2 heterocycles. The number of likely N-dealkylation sites (tertiary alicyclic amines) is 1. The molecule has 0 bridgehead atoms. The minimum Gasteiger partial charge on any atom is -0.508 e. The van der Waals surface area contributed by atoms with Crippen LogP contribution in [0.3, 0.4) is 0 Å². The lowest BCUT2D eigenvalue weighted by Gasteiger charge is -2.50. The Morgan fingerprint density at radius 3 is 2.39 bits per heavy atom. The van der Waals surface area contributed by atoms with Gasteiger partial charge in [0.05, 0.1) is 24.6 Å². The summed E-state index contributed by atoms with van der Waals surface area (Å²) in [6.45, 7) is -0.0804. The average molecular weight is 645 g/mol. The van der Waals surface area contributed by atoms with Crippen molar-refractivity contribution >= 4 is 58.5 Å². The highest BCUT2D eigenvalue weighted by molar-refractivity contribution is 6.58. The number of ether oxygens (including phenoxy) is 1. The third-order valence-corrected chi connectivity index (χ3v) is 10.7. The minimum atomic E-state index is -2.19.